The molecule has 2 aromatic rings. The average molecular weight is 658 g/mol. The Balaban J connectivity index is 1.27. The van der Waals surface area contributed by atoms with Crippen molar-refractivity contribution in [3.63, 3.8) is 0 Å². The molecule has 11 heteroatoms. The number of amides is 2. The van der Waals surface area contributed by atoms with E-state index in [2.05, 4.69) is 27.7 Å². The van der Waals surface area contributed by atoms with Crippen LogP contribution >= 0.6 is 11.6 Å². The minimum absolute atomic E-state index is 0.0882. The van der Waals surface area contributed by atoms with Crippen molar-refractivity contribution < 1.29 is 18.0 Å². The maximum Gasteiger partial charge on any atom is 0.245 e. The first-order chi connectivity index (χ1) is 21.6. The SMILES string of the molecule is CCN(CC(C1CCCCC1)N1CCN(C(=O)[C@@H](Cc2ccc(Cl)cc2)NC(=O)[C@H]2Cc3ccccc3CN2)CC1)S(C)(=O)=O. The second-order valence-corrected chi connectivity index (χ2v) is 15.3. The first kappa shape index (κ1) is 33.9. The van der Waals surface area contributed by atoms with Crippen LogP contribution < -0.4 is 10.6 Å². The van der Waals surface area contributed by atoms with E-state index in [-0.39, 0.29) is 17.9 Å². The Kier molecular flexibility index (Phi) is 11.6. The second-order valence-electron chi connectivity index (χ2n) is 12.8. The van der Waals surface area contributed by atoms with E-state index in [4.69, 9.17) is 11.6 Å². The molecule has 45 heavy (non-hydrogen) atoms. The number of hydrogen-bond acceptors (Lipinski definition) is 6. The number of fused-ring (bicyclic) bond motifs is 1. The summed E-state index contributed by atoms with van der Waals surface area (Å²) < 4.78 is 26.6. The highest BCUT2D eigenvalue weighted by Crippen LogP contribution is 2.31. The van der Waals surface area contributed by atoms with Crippen molar-refractivity contribution in [2.75, 3.05) is 45.5 Å². The summed E-state index contributed by atoms with van der Waals surface area (Å²) in [4.78, 5) is 31.9. The highest BCUT2D eigenvalue weighted by molar-refractivity contribution is 7.88. The third-order valence-electron chi connectivity index (χ3n) is 9.87. The van der Waals surface area contributed by atoms with E-state index in [0.29, 0.717) is 69.6 Å². The van der Waals surface area contributed by atoms with Gasteiger partial charge in [0.1, 0.15) is 6.04 Å². The topological polar surface area (TPSA) is 102 Å². The zero-order valence-electron chi connectivity index (χ0n) is 26.6. The molecule has 1 aliphatic carbocycles. The van der Waals surface area contributed by atoms with Gasteiger partial charge < -0.3 is 15.5 Å². The van der Waals surface area contributed by atoms with Crippen molar-refractivity contribution >= 4 is 33.4 Å². The van der Waals surface area contributed by atoms with Gasteiger partial charge in [0.2, 0.25) is 21.8 Å². The van der Waals surface area contributed by atoms with Crippen molar-refractivity contribution in [1.82, 2.24) is 24.7 Å². The van der Waals surface area contributed by atoms with Gasteiger partial charge in [-0.2, -0.15) is 0 Å². The smallest absolute Gasteiger partial charge is 0.245 e. The molecule has 1 saturated carbocycles. The highest BCUT2D eigenvalue weighted by atomic mass is 35.5. The molecule has 9 nitrogen and oxygen atoms in total. The first-order valence-corrected chi connectivity index (χ1v) is 18.7. The van der Waals surface area contributed by atoms with Crippen LogP contribution in [0.3, 0.4) is 0 Å². The standard InChI is InChI=1S/C34H48ClN5O4S/c1-3-40(45(2,43)44)24-32(26-9-5-4-6-10-26)38-17-19-39(20-18-38)34(42)31(21-25-13-15-29(35)16-14-25)37-33(41)30-22-27-11-7-8-12-28(27)23-36-30/h7-8,11-16,26,30-32,36H,3-6,9-10,17-24H2,1-2H3,(H,37,41)/t30-,31-,32?/m1/s1. The number of nitrogens with one attached hydrogen (secondary N) is 2. The molecule has 2 aromatic carbocycles. The normalized spacial score (nSPS) is 21.2. The van der Waals surface area contributed by atoms with Gasteiger partial charge in [0.15, 0.2) is 0 Å². The van der Waals surface area contributed by atoms with E-state index in [9.17, 15) is 18.0 Å². The van der Waals surface area contributed by atoms with Crippen molar-refractivity contribution in [2.45, 2.75) is 76.5 Å². The number of carbonyl (C=O) groups excluding carboxylic acids is 2. The quantitative estimate of drug-likeness (QED) is 0.384. The molecular formula is C34H48ClN5O4S. The number of sulfonamides is 1. The molecule has 0 radical (unpaired) electrons. The number of hydrogen-bond donors (Lipinski definition) is 2. The second kappa shape index (κ2) is 15.4. The lowest BCUT2D eigenvalue weighted by Crippen LogP contribution is -2.60. The summed E-state index contributed by atoms with van der Waals surface area (Å²) in [6.07, 6.45) is 8.06. The Morgan fingerprint density at radius 2 is 1.67 bits per heavy atom. The Morgan fingerprint density at radius 1 is 1.00 bits per heavy atom. The molecule has 1 saturated heterocycles. The summed E-state index contributed by atoms with van der Waals surface area (Å²) in [7, 11) is -3.30. The predicted molar refractivity (Wildman–Crippen MR) is 178 cm³/mol. The Labute approximate surface area is 273 Å². The number of rotatable bonds is 11. The van der Waals surface area contributed by atoms with Crippen molar-refractivity contribution in [1.29, 1.82) is 0 Å². The number of piperazine rings is 1. The molecule has 1 unspecified atom stereocenters. The fourth-order valence-corrected chi connectivity index (χ4v) is 8.27. The Hall–Kier alpha value is -2.50. The number of carbonyl (C=O) groups is 2. The molecule has 2 heterocycles. The fourth-order valence-electron chi connectivity index (χ4n) is 7.25. The monoisotopic (exact) mass is 657 g/mol. The largest absolute Gasteiger partial charge is 0.343 e. The van der Waals surface area contributed by atoms with E-state index in [1.807, 2.05) is 36.1 Å². The summed E-state index contributed by atoms with van der Waals surface area (Å²) in [6, 6.07) is 14.5. The van der Waals surface area contributed by atoms with Crippen LogP contribution in [0.15, 0.2) is 48.5 Å². The van der Waals surface area contributed by atoms with Gasteiger partial charge in [-0.1, -0.05) is 74.2 Å². The third-order valence-corrected chi connectivity index (χ3v) is 11.5. The van der Waals surface area contributed by atoms with Crippen molar-refractivity contribution in [3.05, 3.63) is 70.2 Å². The minimum Gasteiger partial charge on any atom is -0.343 e. The van der Waals surface area contributed by atoms with Gasteiger partial charge in [-0.05, 0) is 54.0 Å². The molecule has 3 atom stereocenters. The molecule has 2 N–H and O–H groups in total. The summed E-state index contributed by atoms with van der Waals surface area (Å²) in [5.41, 5.74) is 3.27. The molecular weight excluding hydrogens is 610 g/mol. The van der Waals surface area contributed by atoms with Gasteiger partial charge in [-0.15, -0.1) is 0 Å². The Bertz CT molecular complexity index is 1410. The number of halogens is 1. The zero-order chi connectivity index (χ0) is 32.0. The molecule has 5 rings (SSSR count). The van der Waals surface area contributed by atoms with Crippen LogP contribution in [-0.4, -0.2) is 98.0 Å². The number of nitrogens with zero attached hydrogens (tertiary/aromatic N) is 3. The summed E-state index contributed by atoms with van der Waals surface area (Å²) in [5.74, 6) is 0.185. The minimum atomic E-state index is -3.30. The predicted octanol–water partition coefficient (Wildman–Crippen LogP) is 3.46. The van der Waals surface area contributed by atoms with Crippen molar-refractivity contribution in [2.24, 2.45) is 5.92 Å². The third kappa shape index (κ3) is 8.86. The van der Waals surface area contributed by atoms with Gasteiger partial charge in [-0.25, -0.2) is 12.7 Å². The molecule has 3 aliphatic rings. The van der Waals surface area contributed by atoms with Crippen molar-refractivity contribution in [3.8, 4) is 0 Å². The molecule has 2 amide bonds. The van der Waals surface area contributed by atoms with E-state index < -0.39 is 22.1 Å². The summed E-state index contributed by atoms with van der Waals surface area (Å²) in [5, 5.41) is 7.07. The lowest BCUT2D eigenvalue weighted by atomic mass is 9.83. The number of likely N-dealkylation sites (N-methyl/N-ethyl adjacent to an activating group) is 1. The Morgan fingerprint density at radius 3 is 2.31 bits per heavy atom. The van der Waals surface area contributed by atoms with Crippen LogP contribution in [0.25, 0.3) is 0 Å². The zero-order valence-corrected chi connectivity index (χ0v) is 28.2. The summed E-state index contributed by atoms with van der Waals surface area (Å²) in [6.45, 7) is 5.88. The number of benzene rings is 2. The van der Waals surface area contributed by atoms with Crippen LogP contribution in [0.2, 0.25) is 5.02 Å². The van der Waals surface area contributed by atoms with Crippen LogP contribution in [0.1, 0.15) is 55.7 Å². The molecule has 246 valence electrons. The maximum atomic E-state index is 14.1. The molecule has 2 aliphatic heterocycles. The highest BCUT2D eigenvalue weighted by Gasteiger charge is 2.36. The van der Waals surface area contributed by atoms with Crippen LogP contribution in [0.5, 0.6) is 0 Å². The molecule has 0 spiro atoms. The average Bonchev–Trinajstić information content (AvgIpc) is 3.05. The maximum absolute atomic E-state index is 14.1. The van der Waals surface area contributed by atoms with E-state index >= 15 is 0 Å². The van der Waals surface area contributed by atoms with Crippen LogP contribution in [-0.2, 0) is 39.0 Å². The van der Waals surface area contributed by atoms with Gasteiger partial charge >= 0.3 is 0 Å². The van der Waals surface area contributed by atoms with Gasteiger partial charge in [0.25, 0.3) is 0 Å². The summed E-state index contributed by atoms with van der Waals surface area (Å²) >= 11 is 6.13. The van der Waals surface area contributed by atoms with Crippen LogP contribution in [0, 0.1) is 5.92 Å². The van der Waals surface area contributed by atoms with Gasteiger partial charge in [0, 0.05) is 63.3 Å². The lowest BCUT2D eigenvalue weighted by Gasteiger charge is -2.45. The van der Waals surface area contributed by atoms with E-state index in [1.165, 1.54) is 31.1 Å². The first-order valence-electron chi connectivity index (χ1n) is 16.4. The molecule has 0 bridgehead atoms. The molecule has 2 fully saturated rings. The van der Waals surface area contributed by atoms with E-state index in [0.717, 1.165) is 24.0 Å². The van der Waals surface area contributed by atoms with Gasteiger partial charge in [-0.3, -0.25) is 14.5 Å². The fraction of sp³-hybridized carbons (Fsp3) is 0.588. The molecule has 0 aromatic heterocycles. The van der Waals surface area contributed by atoms with E-state index in [1.54, 1.807) is 16.4 Å². The van der Waals surface area contributed by atoms with Crippen LogP contribution in [0.4, 0.5) is 0 Å². The van der Waals surface area contributed by atoms with Gasteiger partial charge in [0.05, 0.1) is 12.3 Å². The lowest BCUT2D eigenvalue weighted by molar-refractivity contribution is -0.138.